The van der Waals surface area contributed by atoms with Crippen molar-refractivity contribution in [2.75, 3.05) is 5.73 Å². The van der Waals surface area contributed by atoms with Gasteiger partial charge in [-0.2, -0.15) is 0 Å². The molecule has 1 heterocycles. The number of hydrogen-bond donors (Lipinski definition) is 2. The summed E-state index contributed by atoms with van der Waals surface area (Å²) in [5, 5.41) is 3.51. The molecule has 0 bridgehead atoms. The fraction of sp³-hybridized carbons (Fsp3) is 0.545. The number of anilines is 1. The molecule has 0 aliphatic heterocycles. The first-order valence-electron chi connectivity index (χ1n) is 5.29. The van der Waals surface area contributed by atoms with E-state index in [4.69, 9.17) is 5.73 Å². The quantitative estimate of drug-likeness (QED) is 0.764. The van der Waals surface area contributed by atoms with E-state index in [1.54, 1.807) is 0 Å². The van der Waals surface area contributed by atoms with Crippen LogP contribution in [0.5, 0.6) is 0 Å². The van der Waals surface area contributed by atoms with Crippen LogP contribution in [0.3, 0.4) is 0 Å². The van der Waals surface area contributed by atoms with E-state index in [0.717, 1.165) is 12.2 Å². The summed E-state index contributed by atoms with van der Waals surface area (Å²) in [6.45, 7) is 0.843. The number of nitrogens with zero attached hydrogens (tertiary/aromatic N) is 1. The maximum atomic E-state index is 5.60. The minimum atomic E-state index is 0.607. The highest BCUT2D eigenvalue weighted by Crippen LogP contribution is 2.17. The Morgan fingerprint density at radius 3 is 2.86 bits per heavy atom. The van der Waals surface area contributed by atoms with Gasteiger partial charge in [0.15, 0.2) is 0 Å². The summed E-state index contributed by atoms with van der Waals surface area (Å²) in [6.07, 6.45) is 5.34. The highest BCUT2D eigenvalue weighted by atomic mass is 14.9. The molecule has 0 atom stereocenters. The molecule has 1 aromatic rings. The molecule has 0 amide bonds. The van der Waals surface area contributed by atoms with E-state index in [1.165, 1.54) is 25.7 Å². The van der Waals surface area contributed by atoms with Crippen LogP contribution < -0.4 is 11.1 Å². The predicted molar refractivity (Wildman–Crippen MR) is 57.7 cm³/mol. The van der Waals surface area contributed by atoms with Crippen LogP contribution in [0.1, 0.15) is 31.4 Å². The Labute approximate surface area is 84.7 Å². The summed E-state index contributed by atoms with van der Waals surface area (Å²) in [5.41, 5.74) is 6.64. The zero-order valence-corrected chi connectivity index (χ0v) is 8.37. The predicted octanol–water partition coefficient (Wildman–Crippen LogP) is 1.70. The zero-order chi connectivity index (χ0) is 9.80. The Hall–Kier alpha value is -1.09. The van der Waals surface area contributed by atoms with Crippen molar-refractivity contribution < 1.29 is 0 Å². The van der Waals surface area contributed by atoms with E-state index in [-0.39, 0.29) is 0 Å². The van der Waals surface area contributed by atoms with E-state index in [2.05, 4.69) is 10.3 Å². The summed E-state index contributed by atoms with van der Waals surface area (Å²) in [4.78, 5) is 4.25. The molecule has 3 heteroatoms. The maximum absolute atomic E-state index is 5.60. The van der Waals surface area contributed by atoms with E-state index in [9.17, 15) is 0 Å². The van der Waals surface area contributed by atoms with Crippen LogP contribution in [0.15, 0.2) is 18.2 Å². The number of aromatic nitrogens is 1. The molecule has 1 aliphatic rings. The highest BCUT2D eigenvalue weighted by Gasteiger charge is 2.13. The van der Waals surface area contributed by atoms with Gasteiger partial charge < -0.3 is 11.1 Å². The summed E-state index contributed by atoms with van der Waals surface area (Å²) >= 11 is 0. The first kappa shape index (κ1) is 9.46. The second kappa shape index (κ2) is 4.42. The molecule has 76 valence electrons. The van der Waals surface area contributed by atoms with Gasteiger partial charge in [0.1, 0.15) is 5.82 Å². The number of rotatable bonds is 3. The average molecular weight is 191 g/mol. The molecule has 1 aliphatic carbocycles. The second-order valence-corrected chi connectivity index (χ2v) is 3.92. The van der Waals surface area contributed by atoms with Crippen molar-refractivity contribution in [3.63, 3.8) is 0 Å². The van der Waals surface area contributed by atoms with Gasteiger partial charge in [0.25, 0.3) is 0 Å². The number of pyridine rings is 1. The van der Waals surface area contributed by atoms with Crippen molar-refractivity contribution in [3.05, 3.63) is 23.9 Å². The third-order valence-electron chi connectivity index (χ3n) is 2.76. The van der Waals surface area contributed by atoms with Gasteiger partial charge >= 0.3 is 0 Å². The van der Waals surface area contributed by atoms with Gasteiger partial charge in [-0.1, -0.05) is 18.9 Å². The molecule has 0 radical (unpaired) electrons. The van der Waals surface area contributed by atoms with Crippen LogP contribution in [-0.4, -0.2) is 11.0 Å². The monoisotopic (exact) mass is 191 g/mol. The normalized spacial score (nSPS) is 17.4. The molecule has 1 fully saturated rings. The fourth-order valence-corrected chi connectivity index (χ4v) is 1.98. The number of hydrogen-bond acceptors (Lipinski definition) is 3. The molecular formula is C11H17N3. The van der Waals surface area contributed by atoms with Crippen LogP contribution >= 0.6 is 0 Å². The Balaban J connectivity index is 1.85. The lowest BCUT2D eigenvalue weighted by Gasteiger charge is -2.10. The third kappa shape index (κ3) is 2.45. The van der Waals surface area contributed by atoms with Gasteiger partial charge in [-0.25, -0.2) is 4.98 Å². The first-order chi connectivity index (χ1) is 6.84. The Kier molecular flexibility index (Phi) is 2.99. The van der Waals surface area contributed by atoms with Crippen molar-refractivity contribution >= 4 is 5.82 Å². The molecule has 0 unspecified atom stereocenters. The summed E-state index contributed by atoms with van der Waals surface area (Å²) in [5.74, 6) is 0.607. The molecular weight excluding hydrogens is 174 g/mol. The van der Waals surface area contributed by atoms with E-state index in [1.807, 2.05) is 18.2 Å². The minimum Gasteiger partial charge on any atom is -0.384 e. The van der Waals surface area contributed by atoms with Crippen molar-refractivity contribution in [1.82, 2.24) is 10.3 Å². The van der Waals surface area contributed by atoms with Crippen LogP contribution in [-0.2, 0) is 6.54 Å². The largest absolute Gasteiger partial charge is 0.384 e. The van der Waals surface area contributed by atoms with Gasteiger partial charge in [0, 0.05) is 12.6 Å². The molecule has 0 spiro atoms. The topological polar surface area (TPSA) is 50.9 Å². The van der Waals surface area contributed by atoms with Crippen LogP contribution in [0.25, 0.3) is 0 Å². The second-order valence-electron chi connectivity index (χ2n) is 3.92. The molecule has 2 rings (SSSR count). The average Bonchev–Trinajstić information content (AvgIpc) is 2.67. The smallest absolute Gasteiger partial charge is 0.123 e. The van der Waals surface area contributed by atoms with Gasteiger partial charge in [0.05, 0.1) is 5.69 Å². The molecule has 0 saturated heterocycles. The molecule has 3 N–H and O–H groups in total. The van der Waals surface area contributed by atoms with Gasteiger partial charge in [0.2, 0.25) is 0 Å². The van der Waals surface area contributed by atoms with Gasteiger partial charge in [-0.05, 0) is 25.0 Å². The SMILES string of the molecule is Nc1cccc(CNC2CCCC2)n1. The first-order valence-corrected chi connectivity index (χ1v) is 5.29. The summed E-state index contributed by atoms with van der Waals surface area (Å²) in [6, 6.07) is 6.48. The van der Waals surface area contributed by atoms with Crippen molar-refractivity contribution in [2.24, 2.45) is 0 Å². The minimum absolute atomic E-state index is 0.607. The maximum Gasteiger partial charge on any atom is 0.123 e. The van der Waals surface area contributed by atoms with Crippen LogP contribution in [0.4, 0.5) is 5.82 Å². The number of nitrogens with one attached hydrogen (secondary N) is 1. The van der Waals surface area contributed by atoms with Crippen molar-refractivity contribution in [3.8, 4) is 0 Å². The lowest BCUT2D eigenvalue weighted by molar-refractivity contribution is 0.519. The highest BCUT2D eigenvalue weighted by molar-refractivity contribution is 5.28. The van der Waals surface area contributed by atoms with Gasteiger partial charge in [-0.15, -0.1) is 0 Å². The number of nitrogens with two attached hydrogens (primary N) is 1. The van der Waals surface area contributed by atoms with Crippen LogP contribution in [0.2, 0.25) is 0 Å². The van der Waals surface area contributed by atoms with Crippen LogP contribution in [0, 0.1) is 0 Å². The molecule has 1 saturated carbocycles. The van der Waals surface area contributed by atoms with E-state index in [0.29, 0.717) is 11.9 Å². The zero-order valence-electron chi connectivity index (χ0n) is 8.37. The Morgan fingerprint density at radius 2 is 2.14 bits per heavy atom. The molecule has 1 aromatic heterocycles. The van der Waals surface area contributed by atoms with Crippen molar-refractivity contribution in [2.45, 2.75) is 38.3 Å². The van der Waals surface area contributed by atoms with Gasteiger partial charge in [-0.3, -0.25) is 0 Å². The van der Waals surface area contributed by atoms with E-state index >= 15 is 0 Å². The Bertz CT molecular complexity index is 292. The van der Waals surface area contributed by atoms with Crippen molar-refractivity contribution in [1.29, 1.82) is 0 Å². The number of nitrogen functional groups attached to an aromatic ring is 1. The Morgan fingerprint density at radius 1 is 1.36 bits per heavy atom. The summed E-state index contributed by atoms with van der Waals surface area (Å²) < 4.78 is 0. The fourth-order valence-electron chi connectivity index (χ4n) is 1.98. The molecule has 3 nitrogen and oxygen atoms in total. The molecule has 0 aromatic carbocycles. The third-order valence-corrected chi connectivity index (χ3v) is 2.76. The summed E-state index contributed by atoms with van der Waals surface area (Å²) in [7, 11) is 0. The lowest BCUT2D eigenvalue weighted by atomic mass is 10.2. The lowest BCUT2D eigenvalue weighted by Crippen LogP contribution is -2.25. The van der Waals surface area contributed by atoms with E-state index < -0.39 is 0 Å². The standard InChI is InChI=1S/C11H17N3/c12-11-7-3-6-10(14-11)8-13-9-4-1-2-5-9/h3,6-7,9,13H,1-2,4-5,8H2,(H2,12,14). The molecule has 14 heavy (non-hydrogen) atoms.